The van der Waals surface area contributed by atoms with Gasteiger partial charge in [0.1, 0.15) is 0 Å². The zero-order chi connectivity index (χ0) is 10.5. The molecular weight excluding hydrogens is 168 g/mol. The van der Waals surface area contributed by atoms with Crippen molar-refractivity contribution in [3.05, 3.63) is 0 Å². The Kier molecular flexibility index (Phi) is 4.95. The Labute approximate surface area is 80.2 Å². The average Bonchev–Trinajstić information content (AvgIpc) is 1.81. The minimum absolute atomic E-state index is 0.112. The molecule has 0 saturated heterocycles. The van der Waals surface area contributed by atoms with E-state index in [2.05, 4.69) is 0 Å². The molecule has 1 atom stereocenters. The first kappa shape index (κ1) is 12.4. The smallest absolute Gasteiger partial charge is 0.307 e. The van der Waals surface area contributed by atoms with E-state index in [0.717, 1.165) is 11.0 Å². The van der Waals surface area contributed by atoms with Gasteiger partial charge in [-0.1, -0.05) is 0 Å². The first-order valence-electron chi connectivity index (χ1n) is 4.57. The zero-order valence-electron chi connectivity index (χ0n) is 9.04. The molecule has 0 rings (SSSR count). The molecule has 0 aromatic carbocycles. The molecular formula is C9H21N2O2+. The summed E-state index contributed by atoms with van der Waals surface area (Å²) < 4.78 is 5.57. The topological polar surface area (TPSA) is 52.3 Å². The summed E-state index contributed by atoms with van der Waals surface area (Å²) >= 11 is 0. The molecule has 0 fully saturated rings. The lowest BCUT2D eigenvalue weighted by Gasteiger charge is -2.26. The number of hydrogen-bond acceptors (Lipinski definition) is 3. The van der Waals surface area contributed by atoms with Crippen LogP contribution >= 0.6 is 0 Å². The normalized spacial score (nSPS) is 13.9. The standard InChI is InChI=1S/C9H21N2O2/c1-5-13-9(12)6-8(10)7-11(2,3)4/h8H,5-7,10H2,1-4H3/q+1/t8-/m0/s1. The third-order valence-electron chi connectivity index (χ3n) is 1.52. The Morgan fingerprint density at radius 2 is 2.00 bits per heavy atom. The predicted molar refractivity (Wildman–Crippen MR) is 52.1 cm³/mol. The maximum Gasteiger partial charge on any atom is 0.307 e. The highest BCUT2D eigenvalue weighted by molar-refractivity contribution is 5.70. The molecule has 0 aromatic rings. The molecule has 0 heterocycles. The van der Waals surface area contributed by atoms with Gasteiger partial charge in [0.25, 0.3) is 0 Å². The Bertz CT molecular complexity index is 163. The van der Waals surface area contributed by atoms with E-state index in [4.69, 9.17) is 10.5 Å². The number of esters is 1. The van der Waals surface area contributed by atoms with Gasteiger partial charge in [0.15, 0.2) is 0 Å². The predicted octanol–water partition coefficient (Wildman–Crippen LogP) is -0.0269. The highest BCUT2D eigenvalue weighted by Crippen LogP contribution is 1.98. The molecule has 0 aliphatic rings. The molecule has 13 heavy (non-hydrogen) atoms. The minimum Gasteiger partial charge on any atom is -0.466 e. The largest absolute Gasteiger partial charge is 0.466 e. The summed E-state index contributed by atoms with van der Waals surface area (Å²) in [5, 5.41) is 0. The Balaban J connectivity index is 3.74. The van der Waals surface area contributed by atoms with E-state index in [9.17, 15) is 4.79 Å². The maximum atomic E-state index is 11.0. The van der Waals surface area contributed by atoms with Gasteiger partial charge in [-0.05, 0) is 6.92 Å². The summed E-state index contributed by atoms with van der Waals surface area (Å²) in [5.41, 5.74) is 5.77. The van der Waals surface area contributed by atoms with E-state index in [1.165, 1.54) is 0 Å². The van der Waals surface area contributed by atoms with Gasteiger partial charge >= 0.3 is 5.97 Å². The van der Waals surface area contributed by atoms with Crippen molar-refractivity contribution < 1.29 is 14.0 Å². The lowest BCUT2D eigenvalue weighted by molar-refractivity contribution is -0.871. The van der Waals surface area contributed by atoms with Crippen LogP contribution in [0.25, 0.3) is 0 Å². The Morgan fingerprint density at radius 3 is 2.38 bits per heavy atom. The quantitative estimate of drug-likeness (QED) is 0.488. The van der Waals surface area contributed by atoms with Crippen LogP contribution in [0.4, 0.5) is 0 Å². The molecule has 0 bridgehead atoms. The van der Waals surface area contributed by atoms with Crippen LogP contribution < -0.4 is 5.73 Å². The second-order valence-electron chi connectivity index (χ2n) is 4.24. The van der Waals surface area contributed by atoms with Crippen molar-refractivity contribution in [2.45, 2.75) is 19.4 Å². The molecule has 0 aromatic heterocycles. The third kappa shape index (κ3) is 7.74. The van der Waals surface area contributed by atoms with Crippen molar-refractivity contribution in [3.8, 4) is 0 Å². The van der Waals surface area contributed by atoms with Gasteiger partial charge in [0.05, 0.1) is 46.8 Å². The van der Waals surface area contributed by atoms with Crippen molar-refractivity contribution in [2.24, 2.45) is 5.73 Å². The van der Waals surface area contributed by atoms with Crippen molar-refractivity contribution >= 4 is 5.97 Å². The highest BCUT2D eigenvalue weighted by atomic mass is 16.5. The molecule has 0 aliphatic heterocycles. The van der Waals surface area contributed by atoms with Crippen LogP contribution in [-0.2, 0) is 9.53 Å². The lowest BCUT2D eigenvalue weighted by atomic mass is 10.2. The molecule has 4 nitrogen and oxygen atoms in total. The van der Waals surface area contributed by atoms with Crippen LogP contribution in [0.2, 0.25) is 0 Å². The van der Waals surface area contributed by atoms with E-state index in [0.29, 0.717) is 13.0 Å². The summed E-state index contributed by atoms with van der Waals surface area (Å²) in [6, 6.07) is -0.112. The molecule has 0 saturated carbocycles. The number of nitrogens with zero attached hydrogens (tertiary/aromatic N) is 1. The number of carbonyl (C=O) groups excluding carboxylic acids is 1. The van der Waals surface area contributed by atoms with Crippen LogP contribution in [0.15, 0.2) is 0 Å². The third-order valence-corrected chi connectivity index (χ3v) is 1.52. The van der Waals surface area contributed by atoms with Gasteiger partial charge in [-0.25, -0.2) is 0 Å². The molecule has 2 N–H and O–H groups in total. The van der Waals surface area contributed by atoms with Crippen LogP contribution in [0, 0.1) is 0 Å². The van der Waals surface area contributed by atoms with Gasteiger partial charge in [0.2, 0.25) is 0 Å². The van der Waals surface area contributed by atoms with Crippen LogP contribution in [0.1, 0.15) is 13.3 Å². The van der Waals surface area contributed by atoms with Gasteiger partial charge in [-0.15, -0.1) is 0 Å². The monoisotopic (exact) mass is 189 g/mol. The molecule has 78 valence electrons. The molecule has 0 spiro atoms. The first-order chi connectivity index (χ1) is 5.85. The highest BCUT2D eigenvalue weighted by Gasteiger charge is 2.17. The molecule has 0 amide bonds. The van der Waals surface area contributed by atoms with E-state index < -0.39 is 0 Å². The van der Waals surface area contributed by atoms with Crippen molar-refractivity contribution in [3.63, 3.8) is 0 Å². The fourth-order valence-corrected chi connectivity index (χ4v) is 1.20. The summed E-state index contributed by atoms with van der Waals surface area (Å²) in [6.07, 6.45) is 0.309. The summed E-state index contributed by atoms with van der Waals surface area (Å²) in [7, 11) is 6.14. The van der Waals surface area contributed by atoms with Gasteiger partial charge in [-0.2, -0.15) is 0 Å². The molecule has 0 radical (unpaired) electrons. The van der Waals surface area contributed by atoms with Crippen molar-refractivity contribution in [1.82, 2.24) is 0 Å². The number of nitrogens with two attached hydrogens (primary N) is 1. The fourth-order valence-electron chi connectivity index (χ4n) is 1.20. The van der Waals surface area contributed by atoms with Gasteiger partial charge in [0, 0.05) is 0 Å². The second kappa shape index (κ2) is 5.19. The molecule has 0 unspecified atom stereocenters. The first-order valence-corrected chi connectivity index (χ1v) is 4.57. The Hall–Kier alpha value is -0.610. The number of likely N-dealkylation sites (N-methyl/N-ethyl adjacent to an activating group) is 1. The fraction of sp³-hybridized carbons (Fsp3) is 0.889. The lowest BCUT2D eigenvalue weighted by Crippen LogP contribution is -2.45. The minimum atomic E-state index is -0.205. The average molecular weight is 189 g/mol. The SMILES string of the molecule is CCOC(=O)C[C@H](N)C[N+](C)(C)C. The Morgan fingerprint density at radius 1 is 1.46 bits per heavy atom. The number of hydrogen-bond donors (Lipinski definition) is 1. The number of rotatable bonds is 5. The van der Waals surface area contributed by atoms with Crippen molar-refractivity contribution in [2.75, 3.05) is 34.3 Å². The molecule has 0 aliphatic carbocycles. The number of carbonyl (C=O) groups is 1. The zero-order valence-corrected chi connectivity index (χ0v) is 9.04. The van der Waals surface area contributed by atoms with Crippen LogP contribution in [-0.4, -0.2) is 50.8 Å². The van der Waals surface area contributed by atoms with Gasteiger partial charge < -0.3 is 15.0 Å². The number of ether oxygens (including phenoxy) is 1. The van der Waals surface area contributed by atoms with E-state index in [1.807, 2.05) is 21.1 Å². The summed E-state index contributed by atoms with van der Waals surface area (Å²) in [4.78, 5) is 11.0. The van der Waals surface area contributed by atoms with Crippen LogP contribution in [0.5, 0.6) is 0 Å². The number of quaternary nitrogens is 1. The van der Waals surface area contributed by atoms with E-state index in [-0.39, 0.29) is 12.0 Å². The molecule has 4 heteroatoms. The second-order valence-corrected chi connectivity index (χ2v) is 4.24. The van der Waals surface area contributed by atoms with Crippen LogP contribution in [0.3, 0.4) is 0 Å². The van der Waals surface area contributed by atoms with E-state index in [1.54, 1.807) is 6.92 Å². The van der Waals surface area contributed by atoms with E-state index >= 15 is 0 Å². The van der Waals surface area contributed by atoms with Crippen molar-refractivity contribution in [1.29, 1.82) is 0 Å². The summed E-state index contributed by atoms with van der Waals surface area (Å²) in [6.45, 7) is 3.00. The maximum absolute atomic E-state index is 11.0. The van der Waals surface area contributed by atoms with Gasteiger partial charge in [-0.3, -0.25) is 4.79 Å². The summed E-state index contributed by atoms with van der Waals surface area (Å²) in [5.74, 6) is -0.205.